The third-order valence-electron chi connectivity index (χ3n) is 5.54. The van der Waals surface area contributed by atoms with E-state index < -0.39 is 35.2 Å². The number of rotatable bonds is 11. The van der Waals surface area contributed by atoms with Gasteiger partial charge >= 0.3 is 0 Å². The number of halogens is 4. The molecule has 34 heavy (non-hydrogen) atoms. The van der Waals surface area contributed by atoms with Crippen molar-refractivity contribution in [2.45, 2.75) is 45.1 Å². The standard InChI is InChI=1S/C28H30F4O2/c1-6-34-20(5)26(30)25(29)19(4)18(3)9-7-17(2)8-10-22-13-16-24(28(32)27(22)31)21-11-14-23(33)15-12-21/h7,9,11,13,16,23,33H,2-6,8,10,12,14-15H2,1H3/b9-7-,26-25-. The van der Waals surface area contributed by atoms with Gasteiger partial charge in [0.05, 0.1) is 12.7 Å². The van der Waals surface area contributed by atoms with Crippen molar-refractivity contribution in [3.63, 3.8) is 0 Å². The Bertz CT molecular complexity index is 1080. The lowest BCUT2D eigenvalue weighted by atomic mass is 9.90. The molecular formula is C28H30F4O2. The van der Waals surface area contributed by atoms with Gasteiger partial charge in [-0.05, 0) is 55.7 Å². The summed E-state index contributed by atoms with van der Waals surface area (Å²) in [6.45, 7) is 16.1. The average molecular weight is 475 g/mol. The summed E-state index contributed by atoms with van der Waals surface area (Å²) >= 11 is 0. The second-order valence-electron chi connectivity index (χ2n) is 8.04. The molecule has 0 saturated heterocycles. The Morgan fingerprint density at radius 2 is 1.79 bits per heavy atom. The predicted octanol–water partition coefficient (Wildman–Crippen LogP) is 7.75. The smallest absolute Gasteiger partial charge is 0.200 e. The summed E-state index contributed by atoms with van der Waals surface area (Å²) in [4.78, 5) is 0. The number of hydrogen-bond donors (Lipinski definition) is 1. The van der Waals surface area contributed by atoms with Crippen molar-refractivity contribution < 1.29 is 27.4 Å². The maximum absolute atomic E-state index is 14.6. The van der Waals surface area contributed by atoms with E-state index in [4.69, 9.17) is 4.74 Å². The summed E-state index contributed by atoms with van der Waals surface area (Å²) in [5, 5.41) is 9.58. The first-order valence-electron chi connectivity index (χ1n) is 11.0. The van der Waals surface area contributed by atoms with Crippen LogP contribution < -0.4 is 0 Å². The third kappa shape index (κ3) is 6.94. The van der Waals surface area contributed by atoms with Gasteiger partial charge in [-0.15, -0.1) is 0 Å². The average Bonchev–Trinajstić information content (AvgIpc) is 2.82. The van der Waals surface area contributed by atoms with Crippen LogP contribution in [-0.4, -0.2) is 17.8 Å². The minimum atomic E-state index is -1.25. The van der Waals surface area contributed by atoms with E-state index in [1.807, 2.05) is 0 Å². The first-order chi connectivity index (χ1) is 16.1. The molecular weight excluding hydrogens is 444 g/mol. The van der Waals surface area contributed by atoms with Gasteiger partial charge in [0.2, 0.25) is 5.83 Å². The number of aryl methyl sites for hydroxylation is 1. The second-order valence-corrected chi connectivity index (χ2v) is 8.04. The van der Waals surface area contributed by atoms with Crippen LogP contribution in [0.2, 0.25) is 0 Å². The molecule has 0 aromatic heterocycles. The SMILES string of the molecule is C=C(/C=C\C(=C)C(=C)/C(F)=C(/F)C(=C)OCC)CCc1ccc(C2=CCC(O)CC2)c(F)c1F. The molecule has 0 fully saturated rings. The molecule has 1 aromatic rings. The molecule has 182 valence electrons. The quantitative estimate of drug-likeness (QED) is 0.202. The number of aliphatic hydroxyl groups is 1. The van der Waals surface area contributed by atoms with Crippen LogP contribution in [0.4, 0.5) is 17.6 Å². The van der Waals surface area contributed by atoms with Crippen LogP contribution in [0.15, 0.2) is 90.8 Å². The highest BCUT2D eigenvalue weighted by atomic mass is 19.2. The fourth-order valence-corrected chi connectivity index (χ4v) is 3.43. The van der Waals surface area contributed by atoms with Crippen molar-refractivity contribution in [1.29, 1.82) is 0 Å². The summed E-state index contributed by atoms with van der Waals surface area (Å²) < 4.78 is 62.3. The highest BCUT2D eigenvalue weighted by Crippen LogP contribution is 2.31. The first kappa shape index (κ1) is 27.1. The maximum Gasteiger partial charge on any atom is 0.200 e. The number of benzene rings is 1. The van der Waals surface area contributed by atoms with E-state index in [9.17, 15) is 22.7 Å². The minimum absolute atomic E-state index is 0.116. The zero-order valence-corrected chi connectivity index (χ0v) is 19.4. The summed E-state index contributed by atoms with van der Waals surface area (Å²) in [5.74, 6) is -4.71. The van der Waals surface area contributed by atoms with E-state index >= 15 is 0 Å². The van der Waals surface area contributed by atoms with Crippen LogP contribution in [-0.2, 0) is 11.2 Å². The number of aliphatic hydroxyl groups excluding tert-OH is 1. The molecule has 0 radical (unpaired) electrons. The van der Waals surface area contributed by atoms with Gasteiger partial charge in [0, 0.05) is 11.1 Å². The molecule has 6 heteroatoms. The van der Waals surface area contributed by atoms with E-state index in [2.05, 4.69) is 26.3 Å². The van der Waals surface area contributed by atoms with Crippen LogP contribution in [0.1, 0.15) is 43.7 Å². The lowest BCUT2D eigenvalue weighted by Crippen LogP contribution is -2.11. The number of allylic oxidation sites excluding steroid dienone is 8. The van der Waals surface area contributed by atoms with Gasteiger partial charge in [0.15, 0.2) is 23.2 Å². The molecule has 1 aliphatic carbocycles. The van der Waals surface area contributed by atoms with E-state index in [-0.39, 0.29) is 35.3 Å². The number of ether oxygens (including phenoxy) is 1. The highest BCUT2D eigenvalue weighted by Gasteiger charge is 2.19. The van der Waals surface area contributed by atoms with E-state index in [0.717, 1.165) is 0 Å². The lowest BCUT2D eigenvalue weighted by Gasteiger charge is -2.18. The van der Waals surface area contributed by atoms with Crippen molar-refractivity contribution in [1.82, 2.24) is 0 Å². The first-order valence-corrected chi connectivity index (χ1v) is 11.0. The third-order valence-corrected chi connectivity index (χ3v) is 5.54. The largest absolute Gasteiger partial charge is 0.491 e. The molecule has 0 heterocycles. The van der Waals surface area contributed by atoms with Crippen molar-refractivity contribution in [2.75, 3.05) is 6.61 Å². The van der Waals surface area contributed by atoms with Crippen LogP contribution in [0.3, 0.4) is 0 Å². The summed E-state index contributed by atoms with van der Waals surface area (Å²) in [6.07, 6.45) is 6.22. The second kappa shape index (κ2) is 12.4. The Morgan fingerprint density at radius 3 is 2.41 bits per heavy atom. The summed E-state index contributed by atoms with van der Waals surface area (Å²) in [5.41, 5.74) is 1.53. The molecule has 1 aliphatic rings. The Morgan fingerprint density at radius 1 is 1.09 bits per heavy atom. The van der Waals surface area contributed by atoms with Gasteiger partial charge in [0.25, 0.3) is 0 Å². The van der Waals surface area contributed by atoms with Crippen molar-refractivity contribution >= 4 is 5.57 Å². The summed E-state index contributed by atoms with van der Waals surface area (Å²) in [7, 11) is 0. The summed E-state index contributed by atoms with van der Waals surface area (Å²) in [6, 6.07) is 3.10. The van der Waals surface area contributed by atoms with Crippen LogP contribution in [0.25, 0.3) is 5.57 Å². The molecule has 0 aliphatic heterocycles. The molecule has 0 spiro atoms. The molecule has 2 nitrogen and oxygen atoms in total. The molecule has 1 aromatic carbocycles. The molecule has 1 atom stereocenters. The normalized spacial score (nSPS) is 16.6. The van der Waals surface area contributed by atoms with E-state index in [0.29, 0.717) is 36.8 Å². The Labute approximate surface area is 198 Å². The van der Waals surface area contributed by atoms with E-state index in [1.165, 1.54) is 12.2 Å². The number of hydrogen-bond acceptors (Lipinski definition) is 2. The lowest BCUT2D eigenvalue weighted by molar-refractivity contribution is 0.166. The fourth-order valence-electron chi connectivity index (χ4n) is 3.43. The Kier molecular flexibility index (Phi) is 9.87. The predicted molar refractivity (Wildman–Crippen MR) is 129 cm³/mol. The fraction of sp³-hybridized carbons (Fsp3) is 0.286. The van der Waals surface area contributed by atoms with Gasteiger partial charge in [-0.25, -0.2) is 13.2 Å². The maximum atomic E-state index is 14.6. The van der Waals surface area contributed by atoms with Gasteiger partial charge in [-0.1, -0.05) is 62.2 Å². The van der Waals surface area contributed by atoms with Crippen LogP contribution in [0.5, 0.6) is 0 Å². The molecule has 0 bridgehead atoms. The molecule has 0 amide bonds. The van der Waals surface area contributed by atoms with Crippen molar-refractivity contribution in [3.05, 3.63) is 114 Å². The van der Waals surface area contributed by atoms with Crippen molar-refractivity contribution in [2.24, 2.45) is 0 Å². The monoisotopic (exact) mass is 474 g/mol. The minimum Gasteiger partial charge on any atom is -0.491 e. The Balaban J connectivity index is 2.00. The van der Waals surface area contributed by atoms with Gasteiger partial charge in [-0.2, -0.15) is 4.39 Å². The van der Waals surface area contributed by atoms with Crippen molar-refractivity contribution in [3.8, 4) is 0 Å². The van der Waals surface area contributed by atoms with Gasteiger partial charge < -0.3 is 9.84 Å². The van der Waals surface area contributed by atoms with Gasteiger partial charge in [0.1, 0.15) is 0 Å². The topological polar surface area (TPSA) is 29.5 Å². The zero-order chi connectivity index (χ0) is 25.4. The molecule has 1 unspecified atom stereocenters. The van der Waals surface area contributed by atoms with Gasteiger partial charge in [-0.3, -0.25) is 0 Å². The van der Waals surface area contributed by atoms with Crippen LogP contribution in [0, 0.1) is 11.6 Å². The molecule has 1 N–H and O–H groups in total. The Hall–Kier alpha value is -3.12. The molecule has 2 rings (SSSR count). The van der Waals surface area contributed by atoms with E-state index in [1.54, 1.807) is 25.1 Å². The zero-order valence-electron chi connectivity index (χ0n) is 19.4. The van der Waals surface area contributed by atoms with Crippen LogP contribution >= 0.6 is 0 Å². The molecule has 0 saturated carbocycles. The highest BCUT2D eigenvalue weighted by molar-refractivity contribution is 5.67.